The highest BCUT2D eigenvalue weighted by Gasteiger charge is 2.36. The van der Waals surface area contributed by atoms with Gasteiger partial charge in [-0.05, 0) is 88.3 Å². The van der Waals surface area contributed by atoms with Gasteiger partial charge in [-0.25, -0.2) is 4.79 Å². The highest BCUT2D eigenvalue weighted by Crippen LogP contribution is 2.40. The zero-order chi connectivity index (χ0) is 21.5. The third-order valence-corrected chi connectivity index (χ3v) is 6.43. The molecule has 2 heterocycles. The predicted molar refractivity (Wildman–Crippen MR) is 121 cm³/mol. The number of benzene rings is 1. The Hall–Kier alpha value is -2.53. The van der Waals surface area contributed by atoms with Crippen molar-refractivity contribution >= 4 is 28.6 Å². The van der Waals surface area contributed by atoms with Crippen LogP contribution in [-0.2, 0) is 0 Å². The minimum absolute atomic E-state index is 0.0741. The number of halogens is 1. The van der Waals surface area contributed by atoms with Crippen molar-refractivity contribution in [2.45, 2.75) is 64.0 Å². The minimum Gasteiger partial charge on any atom is -0.465 e. The Balaban J connectivity index is 1.62. The first-order valence-electron chi connectivity index (χ1n) is 10.5. The Bertz CT molecular complexity index is 1040. The fraction of sp³-hybridized carbons (Fsp3) is 0.417. The molecule has 0 aliphatic heterocycles. The molecule has 1 aliphatic carbocycles. The second-order valence-electron chi connectivity index (χ2n) is 9.15. The number of aromatic nitrogens is 2. The Morgan fingerprint density at radius 1 is 1.13 bits per heavy atom. The molecule has 1 aromatic carbocycles. The molecule has 2 aromatic heterocycles. The van der Waals surface area contributed by atoms with E-state index >= 15 is 0 Å². The molecule has 0 atom stereocenters. The molecule has 1 fully saturated rings. The van der Waals surface area contributed by atoms with E-state index in [9.17, 15) is 9.90 Å². The lowest BCUT2D eigenvalue weighted by atomic mass is 9.80. The molecule has 0 bridgehead atoms. The topological polar surface area (TPSA) is 58.4 Å². The molecule has 1 saturated carbocycles. The minimum atomic E-state index is -0.823. The number of carboxylic acid groups (broad SMARTS) is 1. The lowest BCUT2D eigenvalue weighted by Gasteiger charge is -2.42. The van der Waals surface area contributed by atoms with Gasteiger partial charge in [-0.15, -0.1) is 0 Å². The van der Waals surface area contributed by atoms with Gasteiger partial charge >= 0.3 is 6.09 Å². The van der Waals surface area contributed by atoms with E-state index in [4.69, 9.17) is 11.6 Å². The number of fused-ring (bicyclic) bond motifs is 1. The summed E-state index contributed by atoms with van der Waals surface area (Å²) in [5, 5.41) is 11.7. The van der Waals surface area contributed by atoms with E-state index in [1.54, 1.807) is 4.90 Å². The third-order valence-electron chi connectivity index (χ3n) is 6.17. The van der Waals surface area contributed by atoms with Crippen molar-refractivity contribution in [3.63, 3.8) is 0 Å². The van der Waals surface area contributed by atoms with Crippen molar-refractivity contribution in [1.29, 1.82) is 0 Å². The van der Waals surface area contributed by atoms with Crippen molar-refractivity contribution in [3.8, 4) is 5.69 Å². The van der Waals surface area contributed by atoms with Crippen LogP contribution < -0.4 is 0 Å². The summed E-state index contributed by atoms with van der Waals surface area (Å²) in [6, 6.07) is 9.99. The lowest BCUT2D eigenvalue weighted by Crippen LogP contribution is -2.52. The van der Waals surface area contributed by atoms with Crippen molar-refractivity contribution in [2.24, 2.45) is 0 Å². The number of carbonyl (C=O) groups is 1. The van der Waals surface area contributed by atoms with Gasteiger partial charge in [0.1, 0.15) is 0 Å². The van der Waals surface area contributed by atoms with Crippen LogP contribution in [0, 0.1) is 0 Å². The summed E-state index contributed by atoms with van der Waals surface area (Å²) >= 11 is 6.07. The van der Waals surface area contributed by atoms with Crippen molar-refractivity contribution in [1.82, 2.24) is 14.5 Å². The van der Waals surface area contributed by atoms with Crippen molar-refractivity contribution in [3.05, 3.63) is 59.5 Å². The Kier molecular flexibility index (Phi) is 5.49. The van der Waals surface area contributed by atoms with Gasteiger partial charge in [0.05, 0.1) is 11.7 Å². The number of hydrogen-bond acceptors (Lipinski definition) is 2. The van der Waals surface area contributed by atoms with Gasteiger partial charge < -0.3 is 14.6 Å². The van der Waals surface area contributed by atoms with E-state index < -0.39 is 6.09 Å². The van der Waals surface area contributed by atoms with E-state index in [-0.39, 0.29) is 11.6 Å². The van der Waals surface area contributed by atoms with E-state index in [0.717, 1.165) is 36.9 Å². The molecule has 3 aromatic rings. The van der Waals surface area contributed by atoms with Crippen LogP contribution in [-0.4, -0.2) is 37.2 Å². The van der Waals surface area contributed by atoms with Crippen LogP contribution in [0.1, 0.15) is 57.9 Å². The third kappa shape index (κ3) is 3.91. The highest BCUT2D eigenvalue weighted by molar-refractivity contribution is 6.30. The second kappa shape index (κ2) is 7.95. The quantitative estimate of drug-likeness (QED) is 0.522. The monoisotopic (exact) mass is 425 g/mol. The van der Waals surface area contributed by atoms with Crippen LogP contribution in [0.2, 0.25) is 5.02 Å². The summed E-state index contributed by atoms with van der Waals surface area (Å²) in [5.74, 6) is 0.412. The number of pyridine rings is 1. The van der Waals surface area contributed by atoms with Gasteiger partial charge in [-0.2, -0.15) is 0 Å². The molecule has 1 N–H and O–H groups in total. The molecular weight excluding hydrogens is 398 g/mol. The average Bonchev–Trinajstić information content (AvgIpc) is 3.08. The van der Waals surface area contributed by atoms with Crippen molar-refractivity contribution in [2.75, 3.05) is 0 Å². The summed E-state index contributed by atoms with van der Waals surface area (Å²) in [4.78, 5) is 17.8. The molecule has 6 heteroatoms. The SMILES string of the molecule is CC(C)(C)N(C(=O)O)C1CCC(c2cn(-c3ccc(Cl)cc3)c3cnccc23)CC1. The predicted octanol–water partition coefficient (Wildman–Crippen LogP) is 6.48. The standard InChI is InChI=1S/C24H28ClN3O2/c1-24(2,3)28(23(29)30)19-8-4-16(5-9-19)21-15-27(18-10-6-17(25)7-11-18)22-14-26-13-12-20(21)22/h6-7,10-16,19H,4-5,8-9H2,1-3H3,(H,29,30). The second-order valence-corrected chi connectivity index (χ2v) is 9.59. The normalized spacial score (nSPS) is 19.7. The maximum Gasteiger partial charge on any atom is 0.407 e. The summed E-state index contributed by atoms with van der Waals surface area (Å²) < 4.78 is 2.18. The molecular formula is C24H28ClN3O2. The number of nitrogens with zero attached hydrogens (tertiary/aromatic N) is 3. The molecule has 30 heavy (non-hydrogen) atoms. The Morgan fingerprint density at radius 2 is 1.80 bits per heavy atom. The smallest absolute Gasteiger partial charge is 0.407 e. The van der Waals surface area contributed by atoms with Gasteiger partial charge in [0.15, 0.2) is 0 Å². The molecule has 1 aliphatic rings. The maximum atomic E-state index is 11.9. The van der Waals surface area contributed by atoms with Crippen LogP contribution in [0.4, 0.5) is 4.79 Å². The Labute approximate surface area is 182 Å². The summed E-state index contributed by atoms with van der Waals surface area (Å²) in [5.41, 5.74) is 3.07. The van der Waals surface area contributed by atoms with E-state index in [1.807, 2.05) is 57.4 Å². The lowest BCUT2D eigenvalue weighted by molar-refractivity contribution is 0.0547. The molecule has 0 unspecified atom stereocenters. The van der Waals surface area contributed by atoms with E-state index in [0.29, 0.717) is 10.9 Å². The largest absolute Gasteiger partial charge is 0.465 e. The summed E-state index contributed by atoms with van der Waals surface area (Å²) in [6.45, 7) is 5.92. The first-order valence-corrected chi connectivity index (χ1v) is 10.9. The van der Waals surface area contributed by atoms with Crippen LogP contribution in [0.25, 0.3) is 16.6 Å². The van der Waals surface area contributed by atoms with Gasteiger partial charge in [0, 0.05) is 40.1 Å². The van der Waals surface area contributed by atoms with E-state index in [2.05, 4.69) is 21.8 Å². The molecule has 0 saturated heterocycles. The van der Waals surface area contributed by atoms with Crippen LogP contribution in [0.15, 0.2) is 48.9 Å². The average molecular weight is 426 g/mol. The molecule has 0 radical (unpaired) electrons. The summed E-state index contributed by atoms with van der Waals surface area (Å²) in [6.07, 6.45) is 8.87. The molecule has 4 rings (SSSR count). The highest BCUT2D eigenvalue weighted by atomic mass is 35.5. The first kappa shape index (κ1) is 20.7. The van der Waals surface area contributed by atoms with Gasteiger partial charge in [-0.3, -0.25) is 4.98 Å². The van der Waals surface area contributed by atoms with Crippen molar-refractivity contribution < 1.29 is 9.90 Å². The fourth-order valence-corrected chi connectivity index (χ4v) is 5.00. The van der Waals surface area contributed by atoms with Gasteiger partial charge in [0.2, 0.25) is 0 Å². The molecule has 1 amide bonds. The summed E-state index contributed by atoms with van der Waals surface area (Å²) in [7, 11) is 0. The Morgan fingerprint density at radius 3 is 2.40 bits per heavy atom. The number of hydrogen-bond donors (Lipinski definition) is 1. The number of amides is 1. The molecule has 5 nitrogen and oxygen atoms in total. The fourth-order valence-electron chi connectivity index (χ4n) is 4.88. The first-order chi connectivity index (χ1) is 14.3. The molecule has 158 valence electrons. The van der Waals surface area contributed by atoms with Crippen LogP contribution in [0.5, 0.6) is 0 Å². The van der Waals surface area contributed by atoms with E-state index in [1.165, 1.54) is 10.9 Å². The number of rotatable bonds is 3. The van der Waals surface area contributed by atoms with Gasteiger partial charge in [0.25, 0.3) is 0 Å². The zero-order valence-corrected chi connectivity index (χ0v) is 18.4. The molecule has 0 spiro atoms. The maximum absolute atomic E-state index is 11.9. The zero-order valence-electron chi connectivity index (χ0n) is 17.7. The van der Waals surface area contributed by atoms with Crippen LogP contribution in [0.3, 0.4) is 0 Å². The van der Waals surface area contributed by atoms with Crippen LogP contribution >= 0.6 is 11.6 Å². The van der Waals surface area contributed by atoms with Gasteiger partial charge in [-0.1, -0.05) is 11.6 Å².